The number of nitrogens with zero attached hydrogens (tertiary/aromatic N) is 1. The van der Waals surface area contributed by atoms with Crippen molar-refractivity contribution in [2.24, 2.45) is 11.7 Å². The van der Waals surface area contributed by atoms with Crippen molar-refractivity contribution >= 4 is 21.7 Å². The lowest BCUT2D eigenvalue weighted by atomic mass is 9.95. The highest BCUT2D eigenvalue weighted by Gasteiger charge is 2.55. The van der Waals surface area contributed by atoms with Gasteiger partial charge in [-0.25, -0.2) is 8.42 Å². The summed E-state index contributed by atoms with van der Waals surface area (Å²) in [5.41, 5.74) is 6.95. The van der Waals surface area contributed by atoms with Gasteiger partial charge in [-0.05, 0) is 56.7 Å². The van der Waals surface area contributed by atoms with Gasteiger partial charge < -0.3 is 10.6 Å². The molecule has 1 aromatic rings. The second kappa shape index (κ2) is 7.26. The Morgan fingerprint density at radius 3 is 2.44 bits per heavy atom. The van der Waals surface area contributed by atoms with Crippen LogP contribution in [-0.4, -0.2) is 43.0 Å². The Kier molecular flexibility index (Phi) is 5.34. The van der Waals surface area contributed by atoms with Gasteiger partial charge >= 0.3 is 0 Å². The van der Waals surface area contributed by atoms with Crippen LogP contribution in [0.4, 0.5) is 0 Å². The molecule has 1 aliphatic heterocycles. The van der Waals surface area contributed by atoms with Crippen molar-refractivity contribution in [2.75, 3.05) is 13.1 Å². The van der Waals surface area contributed by atoms with Crippen LogP contribution in [0, 0.1) is 19.8 Å². The van der Waals surface area contributed by atoms with Crippen LogP contribution in [0.15, 0.2) is 23.1 Å². The number of benzene rings is 1. The van der Waals surface area contributed by atoms with Crippen LogP contribution in [-0.2, 0) is 19.4 Å². The van der Waals surface area contributed by atoms with E-state index in [9.17, 15) is 18.0 Å². The first-order valence-corrected chi connectivity index (χ1v) is 11.1. The summed E-state index contributed by atoms with van der Waals surface area (Å²) in [5, 5.41) is 0. The molecule has 2 N–H and O–H groups in total. The molecule has 6 nitrogen and oxygen atoms in total. The molecule has 2 amide bonds. The van der Waals surface area contributed by atoms with Gasteiger partial charge in [0.2, 0.25) is 11.8 Å². The fourth-order valence-corrected chi connectivity index (χ4v) is 6.87. The Bertz CT molecular complexity index is 857. The van der Waals surface area contributed by atoms with E-state index >= 15 is 0 Å². The summed E-state index contributed by atoms with van der Waals surface area (Å²) in [4.78, 5) is 26.9. The molecule has 1 heterocycles. The molecule has 1 aromatic carbocycles. The number of nitrogens with two attached hydrogens (primary N) is 1. The minimum absolute atomic E-state index is 0.220. The average molecular weight is 393 g/mol. The van der Waals surface area contributed by atoms with Gasteiger partial charge in [0.05, 0.1) is 10.8 Å². The summed E-state index contributed by atoms with van der Waals surface area (Å²) < 4.78 is 26.0. The molecule has 2 aliphatic rings. The largest absolute Gasteiger partial charge is 0.369 e. The second-order valence-corrected chi connectivity index (χ2v) is 10.2. The van der Waals surface area contributed by atoms with E-state index in [0.717, 1.165) is 5.56 Å². The number of primary amides is 1. The lowest BCUT2D eigenvalue weighted by molar-refractivity contribution is -0.137. The predicted molar refractivity (Wildman–Crippen MR) is 103 cm³/mol. The van der Waals surface area contributed by atoms with Crippen molar-refractivity contribution < 1.29 is 18.0 Å². The van der Waals surface area contributed by atoms with Gasteiger partial charge in [0.1, 0.15) is 0 Å². The molecule has 1 saturated carbocycles. The first-order valence-electron chi connectivity index (χ1n) is 9.59. The van der Waals surface area contributed by atoms with Crippen LogP contribution in [0.3, 0.4) is 0 Å². The number of aryl methyl sites for hydroxylation is 2. The highest BCUT2D eigenvalue weighted by molar-refractivity contribution is 7.93. The number of hydrogen-bond donors (Lipinski definition) is 1. The molecule has 0 aromatic heterocycles. The monoisotopic (exact) mass is 392 g/mol. The quantitative estimate of drug-likeness (QED) is 0.848. The topological polar surface area (TPSA) is 97.5 Å². The highest BCUT2D eigenvalue weighted by Crippen LogP contribution is 2.43. The zero-order chi connectivity index (χ0) is 19.8. The Morgan fingerprint density at radius 2 is 1.81 bits per heavy atom. The van der Waals surface area contributed by atoms with E-state index in [-0.39, 0.29) is 17.3 Å². The summed E-state index contributed by atoms with van der Waals surface area (Å²) in [6.45, 7) is 4.32. The zero-order valence-electron chi connectivity index (χ0n) is 16.0. The first-order chi connectivity index (χ1) is 12.7. The van der Waals surface area contributed by atoms with Crippen LogP contribution >= 0.6 is 0 Å². The van der Waals surface area contributed by atoms with Crippen molar-refractivity contribution in [3.05, 3.63) is 29.3 Å². The van der Waals surface area contributed by atoms with Gasteiger partial charge in [0, 0.05) is 13.1 Å². The van der Waals surface area contributed by atoms with Crippen LogP contribution in [0.2, 0.25) is 0 Å². The molecule has 1 saturated heterocycles. The lowest BCUT2D eigenvalue weighted by Gasteiger charge is -2.38. The van der Waals surface area contributed by atoms with E-state index in [0.29, 0.717) is 50.6 Å². The normalized spacial score (nSPS) is 22.6. The highest BCUT2D eigenvalue weighted by atomic mass is 32.2. The SMILES string of the molecule is Cc1ccc(C)c(S(=O)(=O)C2(C(=O)N3CCCC(C(N)=O)C3)CCCC2)c1. The number of amides is 2. The third-order valence-electron chi connectivity index (χ3n) is 6.06. The van der Waals surface area contributed by atoms with Crippen molar-refractivity contribution in [1.29, 1.82) is 0 Å². The van der Waals surface area contributed by atoms with E-state index < -0.39 is 26.4 Å². The van der Waals surface area contributed by atoms with Crippen molar-refractivity contribution in [1.82, 2.24) is 4.90 Å². The number of sulfone groups is 1. The summed E-state index contributed by atoms with van der Waals surface area (Å²) in [6.07, 6.45) is 3.40. The molecule has 2 fully saturated rings. The van der Waals surface area contributed by atoms with Crippen LogP contribution in [0.25, 0.3) is 0 Å². The molecule has 0 spiro atoms. The van der Waals surface area contributed by atoms with E-state index in [1.54, 1.807) is 24.0 Å². The third kappa shape index (κ3) is 3.37. The van der Waals surface area contributed by atoms with Gasteiger partial charge in [0.15, 0.2) is 14.6 Å². The Balaban J connectivity index is 2.02. The molecule has 7 heteroatoms. The smallest absolute Gasteiger partial charge is 0.244 e. The van der Waals surface area contributed by atoms with E-state index in [1.165, 1.54) is 0 Å². The molecule has 27 heavy (non-hydrogen) atoms. The molecule has 0 bridgehead atoms. The number of piperidine rings is 1. The predicted octanol–water partition coefficient (Wildman–Crippen LogP) is 2.11. The van der Waals surface area contributed by atoms with Crippen LogP contribution in [0.1, 0.15) is 49.7 Å². The van der Waals surface area contributed by atoms with Crippen LogP contribution in [0.5, 0.6) is 0 Å². The molecule has 1 unspecified atom stereocenters. The molecular weight excluding hydrogens is 364 g/mol. The minimum Gasteiger partial charge on any atom is -0.369 e. The van der Waals surface area contributed by atoms with E-state index in [2.05, 4.69) is 0 Å². The number of likely N-dealkylation sites (tertiary alicyclic amines) is 1. The van der Waals surface area contributed by atoms with Gasteiger partial charge in [-0.1, -0.05) is 25.0 Å². The van der Waals surface area contributed by atoms with Gasteiger partial charge in [-0.15, -0.1) is 0 Å². The summed E-state index contributed by atoms with van der Waals surface area (Å²) in [6, 6.07) is 5.33. The molecule has 148 valence electrons. The van der Waals surface area contributed by atoms with Crippen molar-refractivity contribution in [3.8, 4) is 0 Å². The van der Waals surface area contributed by atoms with E-state index in [1.807, 2.05) is 13.0 Å². The van der Waals surface area contributed by atoms with Crippen LogP contribution < -0.4 is 5.73 Å². The Labute approximate surface area is 161 Å². The second-order valence-electron chi connectivity index (χ2n) is 7.97. The fourth-order valence-electron chi connectivity index (χ4n) is 4.43. The minimum atomic E-state index is -3.85. The van der Waals surface area contributed by atoms with Crippen molar-refractivity contribution in [2.45, 2.75) is 62.0 Å². The Hall–Kier alpha value is -1.89. The van der Waals surface area contributed by atoms with E-state index in [4.69, 9.17) is 5.73 Å². The fraction of sp³-hybridized carbons (Fsp3) is 0.600. The maximum atomic E-state index is 13.7. The summed E-state index contributed by atoms with van der Waals surface area (Å²) in [7, 11) is -3.85. The maximum Gasteiger partial charge on any atom is 0.244 e. The molecular formula is C20H28N2O4S. The van der Waals surface area contributed by atoms with Gasteiger partial charge in [0.25, 0.3) is 0 Å². The number of carbonyl (C=O) groups is 2. The van der Waals surface area contributed by atoms with Gasteiger partial charge in [-0.3, -0.25) is 9.59 Å². The standard InChI is InChI=1S/C20H28N2O4S/c1-14-7-8-15(2)17(12-14)27(25,26)20(9-3-4-10-20)19(24)22-11-5-6-16(13-22)18(21)23/h7-8,12,16H,3-6,9-11,13H2,1-2H3,(H2,21,23). The lowest BCUT2D eigenvalue weighted by Crippen LogP contribution is -2.55. The maximum absolute atomic E-state index is 13.7. The summed E-state index contributed by atoms with van der Waals surface area (Å²) in [5.74, 6) is -1.18. The number of hydrogen-bond acceptors (Lipinski definition) is 4. The number of rotatable bonds is 4. The van der Waals surface area contributed by atoms with Gasteiger partial charge in [-0.2, -0.15) is 0 Å². The average Bonchev–Trinajstić information content (AvgIpc) is 3.14. The first kappa shape index (κ1) is 19.9. The zero-order valence-corrected chi connectivity index (χ0v) is 16.8. The molecule has 1 atom stereocenters. The molecule has 1 aliphatic carbocycles. The Morgan fingerprint density at radius 1 is 1.15 bits per heavy atom. The number of carbonyl (C=O) groups excluding carboxylic acids is 2. The van der Waals surface area contributed by atoms with Crippen molar-refractivity contribution in [3.63, 3.8) is 0 Å². The molecule has 0 radical (unpaired) electrons. The molecule has 3 rings (SSSR count). The summed E-state index contributed by atoms with van der Waals surface area (Å²) >= 11 is 0. The third-order valence-corrected chi connectivity index (χ3v) is 8.69.